The quantitative estimate of drug-likeness (QED) is 0.461. The van der Waals surface area contributed by atoms with E-state index in [1.807, 2.05) is 19.1 Å². The second-order valence-corrected chi connectivity index (χ2v) is 7.97. The van der Waals surface area contributed by atoms with Crippen molar-refractivity contribution in [3.05, 3.63) is 76.2 Å². The van der Waals surface area contributed by atoms with Gasteiger partial charge >= 0.3 is 0 Å². The van der Waals surface area contributed by atoms with E-state index in [4.69, 9.17) is 20.8 Å². The molecule has 0 fully saturated rings. The maximum atomic E-state index is 12.5. The topological polar surface area (TPSA) is 80.6 Å². The van der Waals surface area contributed by atoms with Crippen molar-refractivity contribution in [1.29, 1.82) is 0 Å². The maximum Gasteiger partial charge on any atom is 0.291 e. The van der Waals surface area contributed by atoms with Crippen LogP contribution in [0.25, 0.3) is 0 Å². The molecule has 6 nitrogen and oxygen atoms in total. The Hall–Kier alpha value is -3.25. The normalized spacial score (nSPS) is 10.8. The molecular formula is C24H25ClN2O4. The summed E-state index contributed by atoms with van der Waals surface area (Å²) >= 11 is 6.25. The van der Waals surface area contributed by atoms with E-state index in [9.17, 15) is 9.59 Å². The summed E-state index contributed by atoms with van der Waals surface area (Å²) < 4.78 is 11.6. The number of ether oxygens (including phenoxy) is 1. The lowest BCUT2D eigenvalue weighted by molar-refractivity contribution is -0.114. The second-order valence-electron chi connectivity index (χ2n) is 7.56. The highest BCUT2D eigenvalue weighted by atomic mass is 35.5. The van der Waals surface area contributed by atoms with Gasteiger partial charge in [-0.15, -0.1) is 0 Å². The molecule has 3 rings (SSSR count). The van der Waals surface area contributed by atoms with Crippen LogP contribution in [0.15, 0.2) is 52.9 Å². The zero-order chi connectivity index (χ0) is 22.5. The average molecular weight is 441 g/mol. The van der Waals surface area contributed by atoms with Crippen LogP contribution in [0, 0.1) is 6.92 Å². The van der Waals surface area contributed by atoms with E-state index in [1.165, 1.54) is 6.92 Å². The van der Waals surface area contributed by atoms with E-state index in [0.717, 1.165) is 16.9 Å². The van der Waals surface area contributed by atoms with Crippen LogP contribution in [0.4, 0.5) is 11.4 Å². The summed E-state index contributed by atoms with van der Waals surface area (Å²) in [7, 11) is 0. The third kappa shape index (κ3) is 5.89. The number of benzene rings is 2. The van der Waals surface area contributed by atoms with Crippen molar-refractivity contribution < 1.29 is 18.7 Å². The van der Waals surface area contributed by atoms with Crippen LogP contribution >= 0.6 is 11.6 Å². The molecule has 31 heavy (non-hydrogen) atoms. The van der Waals surface area contributed by atoms with Crippen molar-refractivity contribution in [2.75, 3.05) is 10.6 Å². The summed E-state index contributed by atoms with van der Waals surface area (Å²) in [6.45, 7) is 7.71. The first-order valence-electron chi connectivity index (χ1n) is 9.93. The molecule has 1 aromatic heterocycles. The zero-order valence-electron chi connectivity index (χ0n) is 17.9. The molecule has 0 aliphatic carbocycles. The molecule has 7 heteroatoms. The molecule has 2 aromatic carbocycles. The van der Waals surface area contributed by atoms with Gasteiger partial charge in [-0.2, -0.15) is 0 Å². The van der Waals surface area contributed by atoms with Crippen molar-refractivity contribution in [3.63, 3.8) is 0 Å². The van der Waals surface area contributed by atoms with Gasteiger partial charge in [-0.05, 0) is 72.5 Å². The summed E-state index contributed by atoms with van der Waals surface area (Å²) in [5.41, 5.74) is 3.19. The van der Waals surface area contributed by atoms with Gasteiger partial charge in [-0.25, -0.2) is 0 Å². The minimum absolute atomic E-state index is 0.156. The number of amides is 2. The Labute approximate surface area is 186 Å². The summed E-state index contributed by atoms with van der Waals surface area (Å²) in [4.78, 5) is 23.5. The van der Waals surface area contributed by atoms with Gasteiger partial charge in [0.05, 0.1) is 0 Å². The fourth-order valence-electron chi connectivity index (χ4n) is 3.01. The van der Waals surface area contributed by atoms with Gasteiger partial charge in [0.1, 0.15) is 18.1 Å². The van der Waals surface area contributed by atoms with Crippen LogP contribution in [-0.4, -0.2) is 11.8 Å². The van der Waals surface area contributed by atoms with Crippen LogP contribution in [0.5, 0.6) is 5.75 Å². The number of nitrogens with one attached hydrogen (secondary N) is 2. The fourth-order valence-corrected chi connectivity index (χ4v) is 3.18. The zero-order valence-corrected chi connectivity index (χ0v) is 18.7. The molecule has 1 heterocycles. The van der Waals surface area contributed by atoms with Crippen molar-refractivity contribution in [2.24, 2.45) is 0 Å². The number of aryl methyl sites for hydroxylation is 1. The number of anilines is 2. The van der Waals surface area contributed by atoms with Gasteiger partial charge in [0, 0.05) is 23.3 Å². The van der Waals surface area contributed by atoms with Crippen LogP contribution in [0.2, 0.25) is 5.02 Å². The molecule has 3 aromatic rings. The Bertz CT molecular complexity index is 1090. The molecule has 162 valence electrons. The Kier molecular flexibility index (Phi) is 7.02. The number of carbonyl (C=O) groups is 2. The SMILES string of the molecule is CC(=O)Nc1ccc(NC(=O)c2ccc(COc3cc(C)c(Cl)cc3C(C)C)o2)cc1. The highest BCUT2D eigenvalue weighted by molar-refractivity contribution is 6.31. The van der Waals surface area contributed by atoms with Crippen molar-refractivity contribution in [2.45, 2.75) is 40.2 Å². The van der Waals surface area contributed by atoms with Crippen LogP contribution in [0.3, 0.4) is 0 Å². The standard InChI is InChI=1S/C24H25ClN2O4/c1-14(2)20-12-21(25)15(3)11-23(20)30-13-19-9-10-22(31-19)24(29)27-18-7-5-17(6-8-18)26-16(4)28/h5-12,14H,13H2,1-4H3,(H,26,28)(H,27,29). The molecule has 0 spiro atoms. The smallest absolute Gasteiger partial charge is 0.291 e. The summed E-state index contributed by atoms with van der Waals surface area (Å²) in [6.07, 6.45) is 0. The number of carbonyl (C=O) groups excluding carboxylic acids is 2. The van der Waals surface area contributed by atoms with Gasteiger partial charge in [0.15, 0.2) is 5.76 Å². The molecule has 0 saturated carbocycles. The molecular weight excluding hydrogens is 416 g/mol. The predicted molar refractivity (Wildman–Crippen MR) is 122 cm³/mol. The van der Waals surface area contributed by atoms with E-state index in [1.54, 1.807) is 36.4 Å². The molecule has 0 saturated heterocycles. The van der Waals surface area contributed by atoms with Gasteiger partial charge in [-0.1, -0.05) is 25.4 Å². The van der Waals surface area contributed by atoms with E-state index < -0.39 is 0 Å². The minimum atomic E-state index is -0.372. The highest BCUT2D eigenvalue weighted by Crippen LogP contribution is 2.32. The Morgan fingerprint density at radius 2 is 1.68 bits per heavy atom. The maximum absolute atomic E-state index is 12.5. The number of halogens is 1. The molecule has 0 aliphatic rings. The molecule has 0 atom stereocenters. The van der Waals surface area contributed by atoms with Crippen LogP contribution in [-0.2, 0) is 11.4 Å². The molecule has 0 radical (unpaired) electrons. The molecule has 2 N–H and O–H groups in total. The van der Waals surface area contributed by atoms with Gasteiger partial charge < -0.3 is 19.8 Å². The second kappa shape index (κ2) is 9.71. The molecule has 2 amide bonds. The molecule has 0 unspecified atom stereocenters. The lowest BCUT2D eigenvalue weighted by Crippen LogP contribution is -2.11. The van der Waals surface area contributed by atoms with E-state index in [-0.39, 0.29) is 30.1 Å². The van der Waals surface area contributed by atoms with Crippen molar-refractivity contribution >= 4 is 34.8 Å². The first-order valence-corrected chi connectivity index (χ1v) is 10.3. The molecule has 0 bridgehead atoms. The van der Waals surface area contributed by atoms with E-state index in [2.05, 4.69) is 24.5 Å². The first kappa shape index (κ1) is 22.4. The summed E-state index contributed by atoms with van der Waals surface area (Å²) in [5.74, 6) is 1.19. The monoisotopic (exact) mass is 440 g/mol. The van der Waals surface area contributed by atoms with Crippen LogP contribution in [0.1, 0.15) is 54.1 Å². The number of furan rings is 1. The largest absolute Gasteiger partial charge is 0.485 e. The lowest BCUT2D eigenvalue weighted by Gasteiger charge is -2.15. The minimum Gasteiger partial charge on any atom is -0.485 e. The predicted octanol–water partition coefficient (Wildman–Crippen LogP) is 6.15. The highest BCUT2D eigenvalue weighted by Gasteiger charge is 2.14. The van der Waals surface area contributed by atoms with Crippen molar-refractivity contribution in [3.8, 4) is 5.75 Å². The van der Waals surface area contributed by atoms with Gasteiger partial charge in [0.25, 0.3) is 5.91 Å². The third-order valence-corrected chi connectivity index (χ3v) is 5.04. The number of hydrogen-bond donors (Lipinski definition) is 2. The molecule has 0 aliphatic heterocycles. The Balaban J connectivity index is 1.63. The Morgan fingerprint density at radius 1 is 1.03 bits per heavy atom. The van der Waals surface area contributed by atoms with E-state index in [0.29, 0.717) is 22.2 Å². The van der Waals surface area contributed by atoms with E-state index >= 15 is 0 Å². The average Bonchev–Trinajstić information content (AvgIpc) is 3.18. The lowest BCUT2D eigenvalue weighted by atomic mass is 10.0. The number of rotatable bonds is 7. The first-order chi connectivity index (χ1) is 14.7. The van der Waals surface area contributed by atoms with Crippen LogP contribution < -0.4 is 15.4 Å². The Morgan fingerprint density at radius 3 is 2.29 bits per heavy atom. The fraction of sp³-hybridized carbons (Fsp3) is 0.250. The summed E-state index contributed by atoms with van der Waals surface area (Å²) in [5, 5.41) is 6.14. The third-order valence-electron chi connectivity index (χ3n) is 4.63. The van der Waals surface area contributed by atoms with Gasteiger partial charge in [0.2, 0.25) is 5.91 Å². The number of hydrogen-bond acceptors (Lipinski definition) is 4. The summed E-state index contributed by atoms with van der Waals surface area (Å²) in [6, 6.07) is 14.0. The van der Waals surface area contributed by atoms with Gasteiger partial charge in [-0.3, -0.25) is 9.59 Å². The van der Waals surface area contributed by atoms with Crippen molar-refractivity contribution in [1.82, 2.24) is 0 Å².